The molecule has 158 valence electrons. The van der Waals surface area contributed by atoms with Crippen molar-refractivity contribution in [3.05, 3.63) is 71.5 Å². The standard InChI is InChI=1S/C22H19ClFN5O2/c23-15-3-6-17-18(9-10-25-19(17)13-15)26-11-12-27-20(30)7-8-21-28-22(29-31-21)14-1-4-16(24)5-2-14/h1-6,9-10,13H,7-8,11-12H2,(H,25,26)(H,27,30). The van der Waals surface area contributed by atoms with E-state index in [9.17, 15) is 9.18 Å². The number of benzene rings is 2. The summed E-state index contributed by atoms with van der Waals surface area (Å²) in [6.45, 7) is 1.02. The largest absolute Gasteiger partial charge is 0.383 e. The fourth-order valence-electron chi connectivity index (χ4n) is 3.06. The van der Waals surface area contributed by atoms with Gasteiger partial charge in [0.05, 0.1) is 5.52 Å². The first-order valence-corrected chi connectivity index (χ1v) is 10.1. The van der Waals surface area contributed by atoms with Gasteiger partial charge in [0.1, 0.15) is 5.82 Å². The highest BCUT2D eigenvalue weighted by molar-refractivity contribution is 6.31. The molecule has 0 unspecified atom stereocenters. The van der Waals surface area contributed by atoms with E-state index in [4.69, 9.17) is 16.1 Å². The van der Waals surface area contributed by atoms with Crippen molar-refractivity contribution in [2.24, 2.45) is 0 Å². The molecule has 0 fully saturated rings. The predicted molar refractivity (Wildman–Crippen MR) is 116 cm³/mol. The zero-order valence-electron chi connectivity index (χ0n) is 16.4. The number of halogens is 2. The smallest absolute Gasteiger partial charge is 0.227 e. The highest BCUT2D eigenvalue weighted by Gasteiger charge is 2.11. The second-order valence-corrected chi connectivity index (χ2v) is 7.25. The summed E-state index contributed by atoms with van der Waals surface area (Å²) in [6, 6.07) is 13.2. The van der Waals surface area contributed by atoms with Crippen molar-refractivity contribution >= 4 is 34.1 Å². The van der Waals surface area contributed by atoms with Gasteiger partial charge in [-0.1, -0.05) is 16.8 Å². The summed E-state index contributed by atoms with van der Waals surface area (Å²) >= 11 is 6.01. The van der Waals surface area contributed by atoms with E-state index >= 15 is 0 Å². The minimum atomic E-state index is -0.333. The Labute approximate surface area is 182 Å². The number of carbonyl (C=O) groups is 1. The molecule has 0 aliphatic rings. The van der Waals surface area contributed by atoms with Crippen molar-refractivity contribution in [2.75, 3.05) is 18.4 Å². The van der Waals surface area contributed by atoms with Gasteiger partial charge >= 0.3 is 0 Å². The van der Waals surface area contributed by atoms with Gasteiger partial charge in [-0.2, -0.15) is 4.98 Å². The number of hydrogen-bond donors (Lipinski definition) is 2. The summed E-state index contributed by atoms with van der Waals surface area (Å²) in [5.41, 5.74) is 2.38. The van der Waals surface area contributed by atoms with Crippen LogP contribution in [0.1, 0.15) is 12.3 Å². The Balaban J connectivity index is 1.22. The van der Waals surface area contributed by atoms with Gasteiger partial charge in [-0.25, -0.2) is 4.39 Å². The number of nitrogens with one attached hydrogen (secondary N) is 2. The molecule has 0 spiro atoms. The molecule has 4 rings (SSSR count). The molecule has 31 heavy (non-hydrogen) atoms. The predicted octanol–water partition coefficient (Wildman–Crippen LogP) is 4.24. The first-order chi connectivity index (χ1) is 15.1. The maximum atomic E-state index is 13.0. The molecule has 2 N–H and O–H groups in total. The Morgan fingerprint density at radius 3 is 2.77 bits per heavy atom. The first kappa shape index (κ1) is 20.7. The molecule has 2 aromatic heterocycles. The molecule has 2 aromatic carbocycles. The third-order valence-corrected chi connectivity index (χ3v) is 4.84. The molecule has 9 heteroatoms. The number of aromatic nitrogens is 3. The monoisotopic (exact) mass is 439 g/mol. The maximum absolute atomic E-state index is 13.0. The number of carbonyl (C=O) groups excluding carboxylic acids is 1. The van der Waals surface area contributed by atoms with Gasteiger partial charge in [0, 0.05) is 53.8 Å². The fraction of sp³-hybridized carbons (Fsp3) is 0.182. The van der Waals surface area contributed by atoms with Crippen LogP contribution in [0.15, 0.2) is 59.3 Å². The Morgan fingerprint density at radius 2 is 1.94 bits per heavy atom. The number of anilines is 1. The number of amides is 1. The molecule has 0 saturated carbocycles. The Morgan fingerprint density at radius 1 is 1.10 bits per heavy atom. The summed E-state index contributed by atoms with van der Waals surface area (Å²) in [7, 11) is 0. The van der Waals surface area contributed by atoms with Crippen molar-refractivity contribution in [3.8, 4) is 11.4 Å². The Hall–Kier alpha value is -3.52. The number of fused-ring (bicyclic) bond motifs is 1. The lowest BCUT2D eigenvalue weighted by Crippen LogP contribution is -2.28. The summed E-state index contributed by atoms with van der Waals surface area (Å²) in [5, 5.41) is 11.6. The lowest BCUT2D eigenvalue weighted by Gasteiger charge is -2.10. The van der Waals surface area contributed by atoms with Crippen LogP contribution in [0.25, 0.3) is 22.3 Å². The van der Waals surface area contributed by atoms with Crippen LogP contribution >= 0.6 is 11.6 Å². The van der Waals surface area contributed by atoms with E-state index in [0.717, 1.165) is 16.6 Å². The van der Waals surface area contributed by atoms with Crippen LogP contribution in [0.5, 0.6) is 0 Å². The van der Waals surface area contributed by atoms with Gasteiger partial charge in [0.25, 0.3) is 0 Å². The van der Waals surface area contributed by atoms with E-state index < -0.39 is 0 Å². The van der Waals surface area contributed by atoms with E-state index in [-0.39, 0.29) is 18.1 Å². The maximum Gasteiger partial charge on any atom is 0.227 e. The van der Waals surface area contributed by atoms with Gasteiger partial charge in [-0.15, -0.1) is 0 Å². The van der Waals surface area contributed by atoms with Crippen molar-refractivity contribution in [1.29, 1.82) is 0 Å². The second kappa shape index (κ2) is 9.53. The summed E-state index contributed by atoms with van der Waals surface area (Å²) in [5.74, 6) is 0.273. The molecule has 4 aromatic rings. The number of aryl methyl sites for hydroxylation is 1. The molecule has 0 atom stereocenters. The number of hydrogen-bond acceptors (Lipinski definition) is 6. The first-order valence-electron chi connectivity index (χ1n) is 9.72. The number of rotatable bonds is 8. The minimum Gasteiger partial charge on any atom is -0.383 e. The van der Waals surface area contributed by atoms with Gasteiger partial charge in [0.15, 0.2) is 0 Å². The van der Waals surface area contributed by atoms with Gasteiger partial charge in [-0.3, -0.25) is 9.78 Å². The minimum absolute atomic E-state index is 0.116. The zero-order valence-corrected chi connectivity index (χ0v) is 17.2. The average Bonchev–Trinajstić information content (AvgIpc) is 3.24. The van der Waals surface area contributed by atoms with Crippen LogP contribution in [0.4, 0.5) is 10.1 Å². The Bertz CT molecular complexity index is 1200. The number of pyridine rings is 1. The van der Waals surface area contributed by atoms with E-state index in [2.05, 4.69) is 25.8 Å². The van der Waals surface area contributed by atoms with Crippen molar-refractivity contribution < 1.29 is 13.7 Å². The van der Waals surface area contributed by atoms with E-state index in [0.29, 0.717) is 41.8 Å². The van der Waals surface area contributed by atoms with Gasteiger partial charge in [0.2, 0.25) is 17.6 Å². The van der Waals surface area contributed by atoms with Crippen LogP contribution in [-0.2, 0) is 11.2 Å². The zero-order chi connectivity index (χ0) is 21.6. The SMILES string of the molecule is O=C(CCc1nc(-c2ccc(F)cc2)no1)NCCNc1ccnc2cc(Cl)ccc12. The van der Waals surface area contributed by atoms with Crippen LogP contribution in [0, 0.1) is 5.82 Å². The second-order valence-electron chi connectivity index (χ2n) is 6.82. The molecule has 0 aliphatic carbocycles. The molecule has 2 heterocycles. The van der Waals surface area contributed by atoms with Crippen LogP contribution in [-0.4, -0.2) is 34.1 Å². The molecule has 1 amide bonds. The molecule has 0 aliphatic heterocycles. The normalized spacial score (nSPS) is 10.9. The number of nitrogens with zero attached hydrogens (tertiary/aromatic N) is 3. The van der Waals surface area contributed by atoms with Crippen molar-refractivity contribution in [2.45, 2.75) is 12.8 Å². The summed E-state index contributed by atoms with van der Waals surface area (Å²) in [6.07, 6.45) is 2.26. The lowest BCUT2D eigenvalue weighted by molar-refractivity contribution is -0.121. The molecule has 0 saturated heterocycles. The molecule has 0 radical (unpaired) electrons. The quantitative estimate of drug-likeness (QED) is 0.399. The molecule has 0 bridgehead atoms. The average molecular weight is 440 g/mol. The van der Waals surface area contributed by atoms with E-state index in [1.807, 2.05) is 24.3 Å². The third kappa shape index (κ3) is 5.35. The highest BCUT2D eigenvalue weighted by Crippen LogP contribution is 2.24. The lowest BCUT2D eigenvalue weighted by atomic mass is 10.2. The summed E-state index contributed by atoms with van der Waals surface area (Å²) in [4.78, 5) is 20.6. The van der Waals surface area contributed by atoms with Crippen LogP contribution in [0.2, 0.25) is 5.02 Å². The fourth-order valence-corrected chi connectivity index (χ4v) is 3.22. The van der Waals surface area contributed by atoms with E-state index in [1.54, 1.807) is 18.3 Å². The molecule has 7 nitrogen and oxygen atoms in total. The van der Waals surface area contributed by atoms with Gasteiger partial charge in [-0.05, 0) is 48.5 Å². The topological polar surface area (TPSA) is 92.9 Å². The third-order valence-electron chi connectivity index (χ3n) is 4.60. The van der Waals surface area contributed by atoms with E-state index in [1.165, 1.54) is 12.1 Å². The Kier molecular flexibility index (Phi) is 6.37. The van der Waals surface area contributed by atoms with Crippen LogP contribution in [0.3, 0.4) is 0 Å². The van der Waals surface area contributed by atoms with Crippen molar-refractivity contribution in [1.82, 2.24) is 20.4 Å². The molecular weight excluding hydrogens is 421 g/mol. The van der Waals surface area contributed by atoms with Crippen LogP contribution < -0.4 is 10.6 Å². The van der Waals surface area contributed by atoms with Crippen molar-refractivity contribution in [3.63, 3.8) is 0 Å². The molecular formula is C22H19ClFN5O2. The summed E-state index contributed by atoms with van der Waals surface area (Å²) < 4.78 is 18.2. The highest BCUT2D eigenvalue weighted by atomic mass is 35.5. The van der Waals surface area contributed by atoms with Gasteiger partial charge < -0.3 is 15.2 Å².